The Morgan fingerprint density at radius 1 is 1.55 bits per heavy atom. The fourth-order valence-electron chi connectivity index (χ4n) is 2.21. The first-order valence-corrected chi connectivity index (χ1v) is 4.61. The molecular formula is C9H21N2+. The lowest BCUT2D eigenvalue weighted by molar-refractivity contribution is -0.902. The van der Waals surface area contributed by atoms with E-state index in [1.54, 1.807) is 0 Å². The summed E-state index contributed by atoms with van der Waals surface area (Å²) >= 11 is 0. The molecule has 0 spiro atoms. The second-order valence-corrected chi connectivity index (χ2v) is 4.27. The van der Waals surface area contributed by atoms with Crippen molar-refractivity contribution < 1.29 is 4.48 Å². The van der Waals surface area contributed by atoms with Gasteiger partial charge in [0.15, 0.2) is 0 Å². The Hall–Kier alpha value is -0.0800. The van der Waals surface area contributed by atoms with Crippen LogP contribution in [0.3, 0.4) is 0 Å². The Kier molecular flexibility index (Phi) is 2.55. The lowest BCUT2D eigenvalue weighted by atomic mass is 10.3. The van der Waals surface area contributed by atoms with E-state index >= 15 is 0 Å². The zero-order valence-electron chi connectivity index (χ0n) is 8.30. The number of hydrogen-bond donors (Lipinski definition) is 0. The van der Waals surface area contributed by atoms with Gasteiger partial charge in [-0.15, -0.1) is 0 Å². The van der Waals surface area contributed by atoms with Crippen molar-refractivity contribution in [2.24, 2.45) is 0 Å². The van der Waals surface area contributed by atoms with Gasteiger partial charge in [0.1, 0.15) is 6.67 Å². The Bertz CT molecular complexity index is 124. The molecule has 0 aromatic rings. The lowest BCUT2D eigenvalue weighted by Crippen LogP contribution is -2.43. The third kappa shape index (κ3) is 1.94. The molecular weight excluding hydrogens is 136 g/mol. The van der Waals surface area contributed by atoms with Crippen LogP contribution in [0, 0.1) is 0 Å². The van der Waals surface area contributed by atoms with Crippen LogP contribution in [0.5, 0.6) is 0 Å². The second-order valence-electron chi connectivity index (χ2n) is 4.27. The summed E-state index contributed by atoms with van der Waals surface area (Å²) < 4.78 is 1.24. The summed E-state index contributed by atoms with van der Waals surface area (Å²) in [7, 11) is 4.59. The van der Waals surface area contributed by atoms with E-state index in [2.05, 4.69) is 32.8 Å². The fraction of sp³-hybridized carbons (Fsp3) is 1.00. The van der Waals surface area contributed by atoms with E-state index in [9.17, 15) is 0 Å². The largest absolute Gasteiger partial charge is 0.312 e. The summed E-state index contributed by atoms with van der Waals surface area (Å²) in [4.78, 5) is 2.45. The van der Waals surface area contributed by atoms with Gasteiger partial charge in [-0.2, -0.15) is 0 Å². The molecule has 0 aromatic carbocycles. The number of quaternary nitrogens is 1. The molecule has 0 aliphatic carbocycles. The van der Waals surface area contributed by atoms with E-state index < -0.39 is 0 Å². The van der Waals surface area contributed by atoms with Crippen LogP contribution in [0.1, 0.15) is 20.3 Å². The summed E-state index contributed by atoms with van der Waals surface area (Å²) in [6.45, 7) is 8.47. The molecule has 0 amide bonds. The minimum atomic E-state index is 0.770. The highest BCUT2D eigenvalue weighted by Gasteiger charge is 2.34. The predicted octanol–water partition coefficient (Wildman–Crippen LogP) is 1.13. The van der Waals surface area contributed by atoms with Crippen molar-refractivity contribution >= 4 is 0 Å². The SMILES string of the molecule is CCC[N+]1(C)CC(C)N(C)C1. The van der Waals surface area contributed by atoms with Crippen LogP contribution in [0.4, 0.5) is 0 Å². The molecule has 1 rings (SSSR count). The van der Waals surface area contributed by atoms with Crippen molar-refractivity contribution in [3.8, 4) is 0 Å². The highest BCUT2D eigenvalue weighted by Crippen LogP contribution is 2.17. The molecule has 0 radical (unpaired) electrons. The van der Waals surface area contributed by atoms with Gasteiger partial charge in [0.05, 0.1) is 26.2 Å². The van der Waals surface area contributed by atoms with E-state index in [4.69, 9.17) is 0 Å². The fourth-order valence-corrected chi connectivity index (χ4v) is 2.21. The number of likely N-dealkylation sites (N-methyl/N-ethyl adjacent to an activating group) is 2. The maximum Gasteiger partial charge on any atom is 0.135 e. The molecule has 1 saturated heterocycles. The Labute approximate surface area is 70.4 Å². The molecule has 66 valence electrons. The third-order valence-electron chi connectivity index (χ3n) is 2.79. The molecule has 1 aliphatic rings. The summed E-state index contributed by atoms with van der Waals surface area (Å²) in [5, 5.41) is 0. The molecule has 2 unspecified atom stereocenters. The summed E-state index contributed by atoms with van der Waals surface area (Å²) in [6.07, 6.45) is 1.30. The Balaban J connectivity index is 2.49. The van der Waals surface area contributed by atoms with Crippen molar-refractivity contribution in [1.29, 1.82) is 0 Å². The molecule has 1 aliphatic heterocycles. The predicted molar refractivity (Wildman–Crippen MR) is 48.3 cm³/mol. The molecule has 0 bridgehead atoms. The Morgan fingerprint density at radius 3 is 2.55 bits per heavy atom. The van der Waals surface area contributed by atoms with Crippen molar-refractivity contribution in [2.45, 2.75) is 26.3 Å². The Morgan fingerprint density at radius 2 is 2.18 bits per heavy atom. The zero-order valence-corrected chi connectivity index (χ0v) is 8.30. The molecule has 0 saturated carbocycles. The standard InChI is InChI=1S/C9H21N2/c1-5-6-11(4)7-9(2)10(3)8-11/h9H,5-8H2,1-4H3/q+1. The summed E-state index contributed by atoms with van der Waals surface area (Å²) in [6, 6.07) is 0.770. The average Bonchev–Trinajstić information content (AvgIpc) is 2.08. The van der Waals surface area contributed by atoms with Crippen LogP contribution >= 0.6 is 0 Å². The topological polar surface area (TPSA) is 3.24 Å². The van der Waals surface area contributed by atoms with Gasteiger partial charge in [-0.1, -0.05) is 6.92 Å². The van der Waals surface area contributed by atoms with E-state index in [0.717, 1.165) is 6.04 Å². The first kappa shape index (κ1) is 9.01. The quantitative estimate of drug-likeness (QED) is 0.543. The average molecular weight is 157 g/mol. The second kappa shape index (κ2) is 3.11. The van der Waals surface area contributed by atoms with Gasteiger partial charge in [0.2, 0.25) is 0 Å². The molecule has 0 aromatic heterocycles. The van der Waals surface area contributed by atoms with E-state index in [1.807, 2.05) is 0 Å². The highest BCUT2D eigenvalue weighted by atomic mass is 15.5. The monoisotopic (exact) mass is 157 g/mol. The maximum absolute atomic E-state index is 2.45. The van der Waals surface area contributed by atoms with E-state index in [-0.39, 0.29) is 0 Å². The van der Waals surface area contributed by atoms with Gasteiger partial charge in [0, 0.05) is 0 Å². The smallest absolute Gasteiger partial charge is 0.135 e. The molecule has 11 heavy (non-hydrogen) atoms. The third-order valence-corrected chi connectivity index (χ3v) is 2.79. The summed E-state index contributed by atoms with van der Waals surface area (Å²) in [5.41, 5.74) is 0. The minimum Gasteiger partial charge on any atom is -0.312 e. The zero-order chi connectivity index (χ0) is 8.48. The van der Waals surface area contributed by atoms with E-state index in [0.29, 0.717) is 0 Å². The van der Waals surface area contributed by atoms with Crippen LogP contribution in [-0.2, 0) is 0 Å². The highest BCUT2D eigenvalue weighted by molar-refractivity contribution is 4.66. The van der Waals surface area contributed by atoms with Crippen LogP contribution in [0.25, 0.3) is 0 Å². The van der Waals surface area contributed by atoms with Crippen LogP contribution < -0.4 is 0 Å². The number of rotatable bonds is 2. The molecule has 1 heterocycles. The van der Waals surface area contributed by atoms with Gasteiger partial charge in [-0.25, -0.2) is 0 Å². The van der Waals surface area contributed by atoms with Crippen molar-refractivity contribution in [3.63, 3.8) is 0 Å². The maximum atomic E-state index is 2.45. The molecule has 2 heteroatoms. The molecule has 0 N–H and O–H groups in total. The van der Waals surface area contributed by atoms with Crippen LogP contribution in [0.15, 0.2) is 0 Å². The number of hydrogen-bond acceptors (Lipinski definition) is 1. The molecule has 1 fully saturated rings. The van der Waals surface area contributed by atoms with Gasteiger partial charge in [-0.3, -0.25) is 4.90 Å². The first-order chi connectivity index (χ1) is 5.07. The number of nitrogens with zero attached hydrogens (tertiary/aromatic N) is 2. The van der Waals surface area contributed by atoms with Crippen molar-refractivity contribution in [3.05, 3.63) is 0 Å². The van der Waals surface area contributed by atoms with Crippen molar-refractivity contribution in [1.82, 2.24) is 4.90 Å². The van der Waals surface area contributed by atoms with E-state index in [1.165, 1.54) is 30.7 Å². The van der Waals surface area contributed by atoms with Gasteiger partial charge >= 0.3 is 0 Å². The van der Waals surface area contributed by atoms with Crippen LogP contribution in [-0.4, -0.2) is 49.3 Å². The molecule has 2 nitrogen and oxygen atoms in total. The van der Waals surface area contributed by atoms with Gasteiger partial charge in [-0.05, 0) is 20.4 Å². The van der Waals surface area contributed by atoms with Gasteiger partial charge in [0.25, 0.3) is 0 Å². The lowest BCUT2D eigenvalue weighted by Gasteiger charge is -2.28. The van der Waals surface area contributed by atoms with Gasteiger partial charge < -0.3 is 4.48 Å². The normalized spacial score (nSPS) is 39.8. The summed E-state index contributed by atoms with van der Waals surface area (Å²) in [5.74, 6) is 0. The minimum absolute atomic E-state index is 0.770. The van der Waals surface area contributed by atoms with Crippen molar-refractivity contribution in [2.75, 3.05) is 33.9 Å². The first-order valence-electron chi connectivity index (χ1n) is 4.61. The molecule has 2 atom stereocenters. The van der Waals surface area contributed by atoms with Crippen LogP contribution in [0.2, 0.25) is 0 Å².